The minimum Gasteiger partial charge on any atom is -0.495 e. The van der Waals surface area contributed by atoms with E-state index in [9.17, 15) is 0 Å². The highest BCUT2D eigenvalue weighted by molar-refractivity contribution is 5.66. The zero-order valence-electron chi connectivity index (χ0n) is 9.71. The summed E-state index contributed by atoms with van der Waals surface area (Å²) in [6, 6.07) is 3.96. The van der Waals surface area contributed by atoms with Crippen molar-refractivity contribution in [3.05, 3.63) is 22.3 Å². The largest absolute Gasteiger partial charge is 0.495 e. The fourth-order valence-electron chi connectivity index (χ4n) is 1.67. The van der Waals surface area contributed by atoms with Crippen molar-refractivity contribution in [2.24, 2.45) is 0 Å². The van der Waals surface area contributed by atoms with Crippen molar-refractivity contribution >= 4 is 0 Å². The van der Waals surface area contributed by atoms with Gasteiger partial charge in [-0.05, 0) is 25.0 Å². The summed E-state index contributed by atoms with van der Waals surface area (Å²) in [6.07, 6.45) is 0. The molecular formula is C12H12N2O2. The average molecular weight is 216 g/mol. The number of ether oxygens (including phenoxy) is 2. The van der Waals surface area contributed by atoms with Crippen LogP contribution in [0.25, 0.3) is 0 Å². The van der Waals surface area contributed by atoms with E-state index in [4.69, 9.17) is 20.0 Å². The first-order chi connectivity index (χ1) is 7.62. The van der Waals surface area contributed by atoms with Gasteiger partial charge in [-0.25, -0.2) is 0 Å². The summed E-state index contributed by atoms with van der Waals surface area (Å²) in [6.45, 7) is 3.66. The van der Waals surface area contributed by atoms with E-state index in [2.05, 4.69) is 0 Å². The van der Waals surface area contributed by atoms with Crippen LogP contribution >= 0.6 is 0 Å². The van der Waals surface area contributed by atoms with Gasteiger partial charge in [-0.2, -0.15) is 10.5 Å². The van der Waals surface area contributed by atoms with Crippen molar-refractivity contribution < 1.29 is 9.47 Å². The van der Waals surface area contributed by atoms with Gasteiger partial charge in [-0.15, -0.1) is 0 Å². The number of nitrogens with zero attached hydrogens (tertiary/aromatic N) is 2. The lowest BCUT2D eigenvalue weighted by Crippen LogP contribution is -2.02. The number of rotatable bonds is 2. The zero-order valence-corrected chi connectivity index (χ0v) is 9.71. The molecule has 0 heterocycles. The first kappa shape index (κ1) is 11.9. The van der Waals surface area contributed by atoms with Crippen molar-refractivity contribution in [2.75, 3.05) is 14.2 Å². The minimum absolute atomic E-state index is 0.227. The predicted octanol–water partition coefficient (Wildman–Crippen LogP) is 2.06. The molecule has 0 N–H and O–H groups in total. The Morgan fingerprint density at radius 3 is 1.31 bits per heavy atom. The molecule has 16 heavy (non-hydrogen) atoms. The standard InChI is InChI=1S/C12H12N2O2/c1-7-8(2)12(16-4)10(6-14)9(5-13)11(7)15-3/h1-4H3. The van der Waals surface area contributed by atoms with Gasteiger partial charge >= 0.3 is 0 Å². The second kappa shape index (κ2) is 4.55. The molecule has 0 amide bonds. The molecule has 4 heteroatoms. The Kier molecular flexibility index (Phi) is 3.37. The maximum atomic E-state index is 9.06. The molecule has 0 aliphatic carbocycles. The molecule has 82 valence electrons. The van der Waals surface area contributed by atoms with Crippen LogP contribution < -0.4 is 9.47 Å². The first-order valence-electron chi connectivity index (χ1n) is 4.67. The van der Waals surface area contributed by atoms with Crippen LogP contribution in [0.2, 0.25) is 0 Å². The minimum atomic E-state index is 0.227. The summed E-state index contributed by atoms with van der Waals surface area (Å²) in [5, 5.41) is 18.1. The molecule has 0 bridgehead atoms. The Hall–Kier alpha value is -2.20. The van der Waals surface area contributed by atoms with Gasteiger partial charge in [0.05, 0.1) is 14.2 Å². The summed E-state index contributed by atoms with van der Waals surface area (Å²) < 4.78 is 10.3. The van der Waals surface area contributed by atoms with Gasteiger partial charge in [0.25, 0.3) is 0 Å². The number of nitriles is 2. The fraction of sp³-hybridized carbons (Fsp3) is 0.333. The third kappa shape index (κ3) is 1.55. The molecular weight excluding hydrogens is 204 g/mol. The molecule has 1 aromatic carbocycles. The van der Waals surface area contributed by atoms with E-state index < -0.39 is 0 Å². The molecule has 0 spiro atoms. The van der Waals surface area contributed by atoms with E-state index in [0.29, 0.717) is 11.5 Å². The van der Waals surface area contributed by atoms with E-state index in [1.807, 2.05) is 26.0 Å². The first-order valence-corrected chi connectivity index (χ1v) is 4.67. The number of benzene rings is 1. The third-order valence-corrected chi connectivity index (χ3v) is 2.58. The van der Waals surface area contributed by atoms with Gasteiger partial charge in [0.2, 0.25) is 0 Å². The Bertz CT molecular complexity index is 460. The summed E-state index contributed by atoms with van der Waals surface area (Å²) in [4.78, 5) is 0. The summed E-state index contributed by atoms with van der Waals surface area (Å²) >= 11 is 0. The summed E-state index contributed by atoms with van der Waals surface area (Å²) in [5.74, 6) is 0.884. The summed E-state index contributed by atoms with van der Waals surface area (Å²) in [5.41, 5.74) is 2.08. The molecule has 0 fully saturated rings. The number of hydrogen-bond donors (Lipinski definition) is 0. The molecule has 1 rings (SSSR count). The maximum Gasteiger partial charge on any atom is 0.141 e. The van der Waals surface area contributed by atoms with Crippen molar-refractivity contribution in [1.82, 2.24) is 0 Å². The SMILES string of the molecule is COc1c(C)c(C)c(OC)c(C#N)c1C#N. The van der Waals surface area contributed by atoms with Crippen LogP contribution in [0.1, 0.15) is 22.3 Å². The highest BCUT2D eigenvalue weighted by atomic mass is 16.5. The molecule has 0 unspecified atom stereocenters. The van der Waals surface area contributed by atoms with Crippen molar-refractivity contribution in [1.29, 1.82) is 10.5 Å². The van der Waals surface area contributed by atoms with E-state index >= 15 is 0 Å². The van der Waals surface area contributed by atoms with Gasteiger partial charge in [0.1, 0.15) is 34.8 Å². The molecule has 4 nitrogen and oxygen atoms in total. The Balaban J connectivity index is 3.80. The van der Waals surface area contributed by atoms with E-state index in [-0.39, 0.29) is 11.1 Å². The molecule has 0 radical (unpaired) electrons. The molecule has 0 saturated carbocycles. The Morgan fingerprint density at radius 1 is 0.812 bits per heavy atom. The van der Waals surface area contributed by atoms with Crippen LogP contribution in [0.4, 0.5) is 0 Å². The van der Waals surface area contributed by atoms with E-state index in [1.54, 1.807) is 0 Å². The van der Waals surface area contributed by atoms with Gasteiger partial charge in [-0.3, -0.25) is 0 Å². The molecule has 0 atom stereocenters. The second-order valence-corrected chi connectivity index (χ2v) is 3.29. The lowest BCUT2D eigenvalue weighted by Gasteiger charge is -2.15. The van der Waals surface area contributed by atoms with Crippen LogP contribution in [0, 0.1) is 36.5 Å². The van der Waals surface area contributed by atoms with E-state index in [1.165, 1.54) is 14.2 Å². The molecule has 0 aliphatic rings. The quantitative estimate of drug-likeness (QED) is 0.758. The number of hydrogen-bond acceptors (Lipinski definition) is 4. The van der Waals surface area contributed by atoms with Crippen molar-refractivity contribution in [3.63, 3.8) is 0 Å². The van der Waals surface area contributed by atoms with Gasteiger partial charge < -0.3 is 9.47 Å². The lowest BCUT2D eigenvalue weighted by atomic mass is 9.98. The normalized spacial score (nSPS) is 9.12. The lowest BCUT2D eigenvalue weighted by molar-refractivity contribution is 0.395. The molecule has 0 aliphatic heterocycles. The van der Waals surface area contributed by atoms with Crippen molar-refractivity contribution in [2.45, 2.75) is 13.8 Å². The Labute approximate surface area is 94.6 Å². The Morgan fingerprint density at radius 2 is 1.12 bits per heavy atom. The third-order valence-electron chi connectivity index (χ3n) is 2.58. The van der Waals surface area contributed by atoms with Crippen LogP contribution in [0.3, 0.4) is 0 Å². The summed E-state index contributed by atoms with van der Waals surface area (Å²) in [7, 11) is 2.96. The topological polar surface area (TPSA) is 66.0 Å². The van der Waals surface area contributed by atoms with Crippen LogP contribution in [0.15, 0.2) is 0 Å². The predicted molar refractivity (Wildman–Crippen MR) is 58.5 cm³/mol. The highest BCUT2D eigenvalue weighted by Gasteiger charge is 2.20. The monoisotopic (exact) mass is 216 g/mol. The van der Waals surface area contributed by atoms with Gasteiger partial charge in [0.15, 0.2) is 0 Å². The second-order valence-electron chi connectivity index (χ2n) is 3.29. The molecule has 0 aromatic heterocycles. The van der Waals surface area contributed by atoms with E-state index in [0.717, 1.165) is 11.1 Å². The van der Waals surface area contributed by atoms with Gasteiger partial charge in [-0.1, -0.05) is 0 Å². The smallest absolute Gasteiger partial charge is 0.141 e. The average Bonchev–Trinajstić information content (AvgIpc) is 2.31. The number of methoxy groups -OCH3 is 2. The highest BCUT2D eigenvalue weighted by Crippen LogP contribution is 2.36. The molecule has 1 aromatic rings. The van der Waals surface area contributed by atoms with Crippen LogP contribution in [-0.4, -0.2) is 14.2 Å². The van der Waals surface area contributed by atoms with Crippen LogP contribution in [0.5, 0.6) is 11.5 Å². The fourth-order valence-corrected chi connectivity index (χ4v) is 1.67. The van der Waals surface area contributed by atoms with Crippen molar-refractivity contribution in [3.8, 4) is 23.6 Å². The molecule has 0 saturated heterocycles. The van der Waals surface area contributed by atoms with Gasteiger partial charge in [0, 0.05) is 0 Å². The maximum absolute atomic E-state index is 9.06. The zero-order chi connectivity index (χ0) is 12.3. The van der Waals surface area contributed by atoms with Crippen LogP contribution in [-0.2, 0) is 0 Å².